The third-order valence-electron chi connectivity index (χ3n) is 3.32. The lowest BCUT2D eigenvalue weighted by Crippen LogP contribution is -2.16. The Balaban J connectivity index is 2.23. The number of amides is 1. The summed E-state index contributed by atoms with van der Waals surface area (Å²) in [5, 5.41) is 7.78. The van der Waals surface area contributed by atoms with Crippen LogP contribution in [0.15, 0.2) is 47.5 Å². The van der Waals surface area contributed by atoms with Crippen LogP contribution in [0.3, 0.4) is 0 Å². The minimum absolute atomic E-state index is 0.0484. The molecule has 6 nitrogen and oxygen atoms in total. The van der Waals surface area contributed by atoms with Crippen LogP contribution in [0.1, 0.15) is 35.8 Å². The average molecular weight is 333 g/mol. The highest BCUT2D eigenvalue weighted by atomic mass is 32.2. The summed E-state index contributed by atoms with van der Waals surface area (Å²) in [6.45, 7) is 2.07. The summed E-state index contributed by atoms with van der Waals surface area (Å²) in [7, 11) is -3.81. The van der Waals surface area contributed by atoms with Gasteiger partial charge in [-0.2, -0.15) is 0 Å². The van der Waals surface area contributed by atoms with Crippen molar-refractivity contribution in [2.75, 3.05) is 5.32 Å². The molecule has 0 aliphatic rings. The number of primary sulfonamides is 1. The number of anilines is 1. The highest BCUT2D eigenvalue weighted by molar-refractivity contribution is 7.89. The summed E-state index contributed by atoms with van der Waals surface area (Å²) >= 11 is 0. The lowest BCUT2D eigenvalue weighted by molar-refractivity contribution is 0.102. The first-order valence-corrected chi connectivity index (χ1v) is 8.84. The van der Waals surface area contributed by atoms with Crippen molar-refractivity contribution in [3.8, 4) is 0 Å². The Bertz CT molecular complexity index is 804. The molecule has 122 valence electrons. The van der Waals surface area contributed by atoms with Gasteiger partial charge >= 0.3 is 0 Å². The van der Waals surface area contributed by atoms with Gasteiger partial charge in [-0.25, -0.2) is 13.6 Å². The van der Waals surface area contributed by atoms with Gasteiger partial charge in [0.1, 0.15) is 0 Å². The van der Waals surface area contributed by atoms with Gasteiger partial charge in [-0.15, -0.1) is 0 Å². The molecule has 0 aliphatic heterocycles. The molecule has 0 atom stereocenters. The van der Waals surface area contributed by atoms with Crippen LogP contribution in [0.25, 0.3) is 0 Å². The first-order chi connectivity index (χ1) is 10.9. The number of sulfonamides is 1. The number of hydrogen-bond donors (Lipinski definition) is 2. The van der Waals surface area contributed by atoms with E-state index >= 15 is 0 Å². The molecular formula is C16H19N3O3S. The molecule has 0 aliphatic carbocycles. The highest BCUT2D eigenvalue weighted by Crippen LogP contribution is 2.16. The van der Waals surface area contributed by atoms with Crippen LogP contribution in [0.2, 0.25) is 0 Å². The smallest absolute Gasteiger partial charge is 0.257 e. The van der Waals surface area contributed by atoms with Gasteiger partial charge in [0, 0.05) is 11.9 Å². The minimum atomic E-state index is -3.81. The molecule has 3 N–H and O–H groups in total. The van der Waals surface area contributed by atoms with Crippen LogP contribution in [-0.2, 0) is 16.4 Å². The molecule has 0 unspecified atom stereocenters. The second kappa shape index (κ2) is 7.34. The number of nitrogens with zero attached hydrogens (tertiary/aromatic N) is 1. The Morgan fingerprint density at radius 1 is 1.26 bits per heavy atom. The van der Waals surface area contributed by atoms with Crippen LogP contribution < -0.4 is 10.5 Å². The van der Waals surface area contributed by atoms with E-state index in [1.54, 1.807) is 24.4 Å². The van der Waals surface area contributed by atoms with Crippen molar-refractivity contribution in [1.29, 1.82) is 0 Å². The van der Waals surface area contributed by atoms with E-state index < -0.39 is 10.0 Å². The van der Waals surface area contributed by atoms with Crippen LogP contribution in [-0.4, -0.2) is 19.3 Å². The molecule has 0 spiro atoms. The maximum atomic E-state index is 12.4. The summed E-state index contributed by atoms with van der Waals surface area (Å²) in [4.78, 5) is 16.6. The third-order valence-corrected chi connectivity index (χ3v) is 4.23. The Morgan fingerprint density at radius 2 is 2.04 bits per heavy atom. The zero-order chi connectivity index (χ0) is 16.9. The summed E-state index contributed by atoms with van der Waals surface area (Å²) < 4.78 is 22.7. The highest BCUT2D eigenvalue weighted by Gasteiger charge is 2.14. The van der Waals surface area contributed by atoms with Crippen molar-refractivity contribution >= 4 is 21.6 Å². The SMILES string of the molecule is CCCCc1ncccc1C(=O)Nc1cccc(S(N)(=O)=O)c1. The van der Waals surface area contributed by atoms with Gasteiger partial charge in [-0.05, 0) is 43.2 Å². The first-order valence-electron chi connectivity index (χ1n) is 7.30. The van der Waals surface area contributed by atoms with E-state index in [2.05, 4.69) is 17.2 Å². The fourth-order valence-electron chi connectivity index (χ4n) is 2.14. The van der Waals surface area contributed by atoms with Gasteiger partial charge in [0.25, 0.3) is 5.91 Å². The van der Waals surface area contributed by atoms with Crippen molar-refractivity contribution in [3.05, 3.63) is 53.9 Å². The van der Waals surface area contributed by atoms with Gasteiger partial charge in [0.2, 0.25) is 10.0 Å². The molecule has 0 saturated carbocycles. The number of pyridine rings is 1. The maximum Gasteiger partial charge on any atom is 0.257 e. The Morgan fingerprint density at radius 3 is 2.74 bits per heavy atom. The van der Waals surface area contributed by atoms with E-state index in [0.29, 0.717) is 11.3 Å². The average Bonchev–Trinajstić information content (AvgIpc) is 2.52. The molecule has 0 fully saturated rings. The number of rotatable bonds is 6. The summed E-state index contributed by atoms with van der Waals surface area (Å²) in [6, 6.07) is 9.24. The Kier molecular flexibility index (Phi) is 5.46. The van der Waals surface area contributed by atoms with Crippen molar-refractivity contribution in [2.45, 2.75) is 31.1 Å². The topological polar surface area (TPSA) is 102 Å². The molecule has 1 aromatic carbocycles. The molecule has 1 amide bonds. The number of carbonyl (C=O) groups excluding carboxylic acids is 1. The molecule has 1 aromatic heterocycles. The van der Waals surface area contributed by atoms with Gasteiger partial charge in [0.05, 0.1) is 16.2 Å². The fourth-order valence-corrected chi connectivity index (χ4v) is 2.70. The lowest BCUT2D eigenvalue weighted by Gasteiger charge is -2.10. The van der Waals surface area contributed by atoms with Crippen molar-refractivity contribution in [3.63, 3.8) is 0 Å². The molecule has 7 heteroatoms. The van der Waals surface area contributed by atoms with Crippen molar-refractivity contribution < 1.29 is 13.2 Å². The second-order valence-corrected chi connectivity index (χ2v) is 6.69. The maximum absolute atomic E-state index is 12.4. The molecule has 23 heavy (non-hydrogen) atoms. The largest absolute Gasteiger partial charge is 0.322 e. The molecule has 2 rings (SSSR count). The van der Waals surface area contributed by atoms with Gasteiger partial charge in [0.15, 0.2) is 0 Å². The fraction of sp³-hybridized carbons (Fsp3) is 0.250. The standard InChI is InChI=1S/C16H19N3O3S/c1-2-3-9-15-14(8-5-10-18-15)16(20)19-12-6-4-7-13(11-12)23(17,21)22/h4-8,10-11H,2-3,9H2,1H3,(H,19,20)(H2,17,21,22). The van der Waals surface area contributed by atoms with E-state index in [1.165, 1.54) is 18.2 Å². The summed E-state index contributed by atoms with van der Waals surface area (Å²) in [5.41, 5.74) is 1.59. The molecular weight excluding hydrogens is 314 g/mol. The number of unbranched alkanes of at least 4 members (excludes halogenated alkanes) is 1. The number of aromatic nitrogens is 1. The monoisotopic (exact) mass is 333 g/mol. The predicted octanol–water partition coefficient (Wildman–Crippen LogP) is 2.32. The molecule has 1 heterocycles. The quantitative estimate of drug-likeness (QED) is 0.847. The van der Waals surface area contributed by atoms with Crippen LogP contribution >= 0.6 is 0 Å². The van der Waals surface area contributed by atoms with Gasteiger partial charge in [-0.3, -0.25) is 9.78 Å². The summed E-state index contributed by atoms with van der Waals surface area (Å²) in [5.74, 6) is -0.323. The van der Waals surface area contributed by atoms with E-state index in [9.17, 15) is 13.2 Å². The molecule has 2 aromatic rings. The normalized spacial score (nSPS) is 11.2. The molecule has 0 saturated heterocycles. The van der Waals surface area contributed by atoms with Crippen LogP contribution in [0.4, 0.5) is 5.69 Å². The molecule has 0 radical (unpaired) electrons. The van der Waals surface area contributed by atoms with Crippen LogP contribution in [0, 0.1) is 0 Å². The van der Waals surface area contributed by atoms with Gasteiger partial charge in [-0.1, -0.05) is 19.4 Å². The summed E-state index contributed by atoms with van der Waals surface area (Å²) in [6.07, 6.45) is 4.33. The minimum Gasteiger partial charge on any atom is -0.322 e. The number of nitrogens with two attached hydrogens (primary N) is 1. The van der Waals surface area contributed by atoms with E-state index in [4.69, 9.17) is 5.14 Å². The number of carbonyl (C=O) groups is 1. The van der Waals surface area contributed by atoms with Crippen molar-refractivity contribution in [2.24, 2.45) is 5.14 Å². The zero-order valence-electron chi connectivity index (χ0n) is 12.8. The number of aryl methyl sites for hydroxylation is 1. The number of nitrogens with one attached hydrogen (secondary N) is 1. The van der Waals surface area contributed by atoms with E-state index in [-0.39, 0.29) is 10.8 Å². The Hall–Kier alpha value is -2.25. The second-order valence-electron chi connectivity index (χ2n) is 5.13. The third kappa shape index (κ3) is 4.61. The van der Waals surface area contributed by atoms with Crippen molar-refractivity contribution in [1.82, 2.24) is 4.98 Å². The zero-order valence-corrected chi connectivity index (χ0v) is 13.6. The predicted molar refractivity (Wildman–Crippen MR) is 88.6 cm³/mol. The van der Waals surface area contributed by atoms with Crippen LogP contribution in [0.5, 0.6) is 0 Å². The van der Waals surface area contributed by atoms with E-state index in [1.807, 2.05) is 0 Å². The first kappa shape index (κ1) is 17.1. The molecule has 0 bridgehead atoms. The lowest BCUT2D eigenvalue weighted by atomic mass is 10.1. The Labute approximate surface area is 135 Å². The number of benzene rings is 1. The van der Waals surface area contributed by atoms with E-state index in [0.717, 1.165) is 25.0 Å². The number of hydrogen-bond acceptors (Lipinski definition) is 4. The van der Waals surface area contributed by atoms with Gasteiger partial charge < -0.3 is 5.32 Å².